The van der Waals surface area contributed by atoms with Crippen molar-refractivity contribution in [1.82, 2.24) is 82.5 Å². The van der Waals surface area contributed by atoms with Crippen molar-refractivity contribution in [1.29, 1.82) is 0 Å². The lowest BCUT2D eigenvalue weighted by Crippen LogP contribution is -2.04. The van der Waals surface area contributed by atoms with Crippen LogP contribution in [0.25, 0.3) is 67.8 Å². The third kappa shape index (κ3) is 6.72. The molecule has 4 aromatic heterocycles. The molecule has 0 fully saturated rings. The van der Waals surface area contributed by atoms with Crippen LogP contribution >= 0.6 is 0 Å². The van der Waals surface area contributed by atoms with E-state index in [1.165, 1.54) is 0 Å². The van der Waals surface area contributed by atoms with Crippen LogP contribution in [0.4, 0.5) is 0 Å². The molecule has 20 nitrogen and oxygen atoms in total. The Morgan fingerprint density at radius 1 is 0.235 bits per heavy atom. The number of hydrogen-bond donors (Lipinski definition) is 4. The number of allylic oxidation sites excluding steroid dienone is 12. The maximum Gasteiger partial charge on any atom is 0.179 e. The van der Waals surface area contributed by atoms with Crippen molar-refractivity contribution in [3.8, 4) is 45.6 Å². The Hall–Kier alpha value is -10.2. The zero-order chi connectivity index (χ0) is 45.0. The van der Waals surface area contributed by atoms with Gasteiger partial charge in [0, 0.05) is 44.5 Å². The Labute approximate surface area is 382 Å². The molecule has 0 saturated carbocycles. The van der Waals surface area contributed by atoms with Crippen molar-refractivity contribution < 1.29 is 0 Å². The van der Waals surface area contributed by atoms with E-state index in [1.54, 1.807) is 0 Å². The number of tetrazole rings is 4. The third-order valence-corrected chi connectivity index (χ3v) is 11.8. The smallest absolute Gasteiger partial charge is 0.179 e. The number of benzene rings is 4. The highest BCUT2D eigenvalue weighted by atomic mass is 15.5. The quantitative estimate of drug-likeness (QED) is 0.129. The van der Waals surface area contributed by atoms with E-state index in [9.17, 15) is 0 Å². The molecule has 0 unspecified atom stereocenters. The molecule has 4 N–H and O–H groups in total. The molecule has 8 bridgehead atoms. The molecule has 68 heavy (non-hydrogen) atoms. The standard InChI is InChI=1S/C48H28N20/c1-9-29(45-53-61-62-54-45)10-2-25(1)41-33-17-19-35(49-33)42(26-3-11-30(12-4-26)46-55-63-64-56-46)37-21-23-39(51-37)44(28-7-15-32(16-8-28)48-59-67-68-60-48)40-24-22-38(52-40)43(36-20-18-34(41)50-36)27-5-13-31(14-6-27)47-57-65-66-58-47/h1-24H,(H,53,54,61,62)(H,55,56,63,64)(H,57,58,65,66)(H,59,60,67,68). The molecular formula is C48H28N20. The number of nitrogens with one attached hydrogen (secondary N) is 4. The molecule has 4 aromatic carbocycles. The van der Waals surface area contributed by atoms with Gasteiger partial charge in [-0.05, 0) is 113 Å². The van der Waals surface area contributed by atoms with Crippen LogP contribution in [0.3, 0.4) is 0 Å². The Bertz CT molecular complexity index is 3190. The predicted octanol–water partition coefficient (Wildman–Crippen LogP) is 6.41. The highest BCUT2D eigenvalue weighted by Gasteiger charge is 2.28. The highest BCUT2D eigenvalue weighted by Crippen LogP contribution is 2.39. The Kier molecular flexibility index (Phi) is 8.87. The van der Waals surface area contributed by atoms with Crippen LogP contribution in [0, 0.1) is 0 Å². The van der Waals surface area contributed by atoms with Crippen molar-refractivity contribution in [2.45, 2.75) is 0 Å². The maximum atomic E-state index is 5.41. The summed E-state index contributed by atoms with van der Waals surface area (Å²) in [6.45, 7) is 0. The molecular weight excluding hydrogens is 857 g/mol. The predicted molar refractivity (Wildman–Crippen MR) is 252 cm³/mol. The van der Waals surface area contributed by atoms with Crippen LogP contribution in [0.1, 0.15) is 22.3 Å². The first-order chi connectivity index (χ1) is 33.7. The second-order valence-electron chi connectivity index (χ2n) is 15.7. The van der Waals surface area contributed by atoms with Gasteiger partial charge in [0.25, 0.3) is 0 Å². The normalized spacial score (nSPS) is 16.1. The van der Waals surface area contributed by atoms with Crippen LogP contribution < -0.4 is 0 Å². The summed E-state index contributed by atoms with van der Waals surface area (Å²) >= 11 is 0. The van der Waals surface area contributed by atoms with Crippen LogP contribution in [0.5, 0.6) is 0 Å². The van der Waals surface area contributed by atoms with E-state index >= 15 is 0 Å². The van der Waals surface area contributed by atoms with Gasteiger partial charge in [0.2, 0.25) is 0 Å². The summed E-state index contributed by atoms with van der Waals surface area (Å²) in [6, 6.07) is 32.0. The van der Waals surface area contributed by atoms with Crippen molar-refractivity contribution in [3.63, 3.8) is 0 Å². The largest absolute Gasteiger partial charge is 0.248 e. The average Bonchev–Trinajstić information content (AvgIpc) is 4.24. The van der Waals surface area contributed by atoms with E-state index < -0.39 is 0 Å². The highest BCUT2D eigenvalue weighted by molar-refractivity contribution is 6.39. The molecule has 0 spiro atoms. The molecule has 8 aromatic rings. The lowest BCUT2D eigenvalue weighted by atomic mass is 9.97. The number of fused-ring (bicyclic) bond motifs is 4. The van der Waals surface area contributed by atoms with Gasteiger partial charge in [-0.2, -0.15) is 0 Å². The molecule has 0 atom stereocenters. The fraction of sp³-hybridized carbons (Fsp3) is 0. The maximum absolute atomic E-state index is 5.41. The molecule has 0 saturated heterocycles. The number of aromatic nitrogens is 16. The molecule has 5 aliphatic rings. The monoisotopic (exact) mass is 884 g/mol. The molecule has 5 aliphatic heterocycles. The van der Waals surface area contributed by atoms with E-state index in [0.717, 1.165) is 66.8 Å². The van der Waals surface area contributed by atoms with Crippen LogP contribution in [-0.4, -0.2) is 105 Å². The summed E-state index contributed by atoms with van der Waals surface area (Å²) in [5, 5.41) is 58.0. The molecule has 9 heterocycles. The van der Waals surface area contributed by atoms with Gasteiger partial charge in [-0.25, -0.2) is 40.4 Å². The number of H-pyrrole nitrogens is 4. The fourth-order valence-corrected chi connectivity index (χ4v) is 8.58. The lowest BCUT2D eigenvalue weighted by Gasteiger charge is -2.13. The minimum Gasteiger partial charge on any atom is -0.248 e. The van der Waals surface area contributed by atoms with Gasteiger partial charge in [-0.15, -0.1) is 20.4 Å². The van der Waals surface area contributed by atoms with E-state index in [1.807, 2.05) is 146 Å². The summed E-state index contributed by atoms with van der Waals surface area (Å²) in [6.07, 6.45) is 16.2. The topological polar surface area (TPSA) is 267 Å². The van der Waals surface area contributed by atoms with Crippen LogP contribution in [0.15, 0.2) is 188 Å². The first kappa shape index (κ1) is 38.2. The van der Waals surface area contributed by atoms with Gasteiger partial charge in [0.05, 0.1) is 45.6 Å². The summed E-state index contributed by atoms with van der Waals surface area (Å²) < 4.78 is 0. The summed E-state index contributed by atoms with van der Waals surface area (Å²) in [4.78, 5) is 21.6. The SMILES string of the molecule is C1=CC2=C(c3ccc(-c4nnn[nH]4)cc3)C3=NC(=C(c4ccc(-c5nnn[nH]5)cc4)C4=NC(=C(c5ccc(-c6nnn[nH]6)cc5)C5=NC(=C(c6ccc(-c7nnn[nH]7)cc6)C1=N2)C=C5)C=C4)C=C3. The van der Waals surface area contributed by atoms with Crippen molar-refractivity contribution in [2.75, 3.05) is 0 Å². The van der Waals surface area contributed by atoms with Crippen LogP contribution in [0.2, 0.25) is 0 Å². The first-order valence-electron chi connectivity index (χ1n) is 21.1. The number of hydrogen-bond acceptors (Lipinski definition) is 16. The lowest BCUT2D eigenvalue weighted by molar-refractivity contribution is 0.881. The number of aromatic amines is 4. The van der Waals surface area contributed by atoms with E-state index in [2.05, 4.69) is 82.5 Å². The molecule has 320 valence electrons. The van der Waals surface area contributed by atoms with Gasteiger partial charge >= 0.3 is 0 Å². The third-order valence-electron chi connectivity index (χ3n) is 11.8. The van der Waals surface area contributed by atoms with Crippen molar-refractivity contribution in [2.24, 2.45) is 20.0 Å². The van der Waals surface area contributed by atoms with E-state index in [-0.39, 0.29) is 0 Å². The molecule has 0 amide bonds. The van der Waals surface area contributed by atoms with Gasteiger partial charge < -0.3 is 0 Å². The second kappa shape index (κ2) is 15.8. The molecule has 13 rings (SSSR count). The molecule has 20 heteroatoms. The van der Waals surface area contributed by atoms with Gasteiger partial charge in [-0.3, -0.25) is 0 Å². The molecule has 0 aliphatic carbocycles. The number of rotatable bonds is 8. The van der Waals surface area contributed by atoms with Gasteiger partial charge in [-0.1, -0.05) is 97.1 Å². The fourth-order valence-electron chi connectivity index (χ4n) is 8.58. The Morgan fingerprint density at radius 2 is 0.441 bits per heavy atom. The summed E-state index contributed by atoms with van der Waals surface area (Å²) in [5.74, 6) is 2.23. The number of nitrogens with zero attached hydrogens (tertiary/aromatic N) is 16. The zero-order valence-corrected chi connectivity index (χ0v) is 35.0. The van der Waals surface area contributed by atoms with E-state index in [4.69, 9.17) is 20.0 Å². The Balaban J connectivity index is 1.04. The first-order valence-corrected chi connectivity index (χ1v) is 21.1. The van der Waals surface area contributed by atoms with E-state index in [0.29, 0.717) is 68.9 Å². The minimum atomic E-state index is 0.557. The van der Waals surface area contributed by atoms with Crippen LogP contribution in [-0.2, 0) is 0 Å². The molecule has 0 radical (unpaired) electrons. The van der Waals surface area contributed by atoms with Gasteiger partial charge in [0.15, 0.2) is 23.3 Å². The summed E-state index contributed by atoms with van der Waals surface area (Å²) in [5.41, 5.74) is 15.9. The van der Waals surface area contributed by atoms with Crippen molar-refractivity contribution >= 4 is 45.1 Å². The van der Waals surface area contributed by atoms with Gasteiger partial charge in [0.1, 0.15) is 0 Å². The number of aliphatic imine (C=N–C) groups is 4. The zero-order valence-electron chi connectivity index (χ0n) is 35.0. The van der Waals surface area contributed by atoms with Crippen molar-refractivity contribution in [3.05, 3.63) is 191 Å². The summed E-state index contributed by atoms with van der Waals surface area (Å²) in [7, 11) is 0. The Morgan fingerprint density at radius 3 is 0.632 bits per heavy atom. The minimum absolute atomic E-state index is 0.557. The second-order valence-corrected chi connectivity index (χ2v) is 15.7. The average molecular weight is 885 g/mol.